The van der Waals surface area contributed by atoms with E-state index in [4.69, 9.17) is 0 Å². The van der Waals surface area contributed by atoms with Crippen LogP contribution in [-0.2, 0) is 12.8 Å². The van der Waals surface area contributed by atoms with E-state index in [1.807, 2.05) is 0 Å². The molecule has 0 bridgehead atoms. The van der Waals surface area contributed by atoms with Crippen LogP contribution in [-0.4, -0.2) is 22.7 Å². The number of aryl methyl sites for hydroxylation is 2. The molecule has 2 N–H and O–H groups in total. The van der Waals surface area contributed by atoms with Crippen molar-refractivity contribution < 1.29 is 5.11 Å². The molecule has 0 aromatic carbocycles. The van der Waals surface area contributed by atoms with Gasteiger partial charge in [0.25, 0.3) is 0 Å². The van der Waals surface area contributed by atoms with Crippen LogP contribution in [0.2, 0.25) is 0 Å². The summed E-state index contributed by atoms with van der Waals surface area (Å²) in [5.41, 5.74) is 1.24. The molecule has 0 amide bonds. The van der Waals surface area contributed by atoms with Crippen molar-refractivity contribution in [3.8, 4) is 0 Å². The van der Waals surface area contributed by atoms with Crippen molar-refractivity contribution in [3.63, 3.8) is 0 Å². The van der Waals surface area contributed by atoms with Gasteiger partial charge in [0.05, 0.1) is 5.69 Å². The Hall–Kier alpha value is -0.450. The van der Waals surface area contributed by atoms with Crippen LogP contribution < -0.4 is 5.32 Å². The van der Waals surface area contributed by atoms with Gasteiger partial charge in [-0.15, -0.1) is 11.3 Å². The first-order valence-electron chi connectivity index (χ1n) is 5.74. The summed E-state index contributed by atoms with van der Waals surface area (Å²) in [6.45, 7) is 1.03. The Kier molecular flexibility index (Phi) is 2.50. The van der Waals surface area contributed by atoms with Crippen molar-refractivity contribution in [2.75, 3.05) is 6.54 Å². The molecule has 3 rings (SSSR count). The van der Waals surface area contributed by atoms with Crippen molar-refractivity contribution in [2.45, 2.75) is 44.2 Å². The smallest absolute Gasteiger partial charge is 0.123 e. The molecule has 0 saturated carbocycles. The van der Waals surface area contributed by atoms with E-state index in [1.54, 1.807) is 11.3 Å². The minimum absolute atomic E-state index is 0.233. The summed E-state index contributed by atoms with van der Waals surface area (Å²) in [7, 11) is 0. The van der Waals surface area contributed by atoms with Gasteiger partial charge in [0.1, 0.15) is 11.1 Å². The van der Waals surface area contributed by atoms with E-state index in [9.17, 15) is 5.11 Å². The lowest BCUT2D eigenvalue weighted by atomic mass is 10.1. The number of aromatic nitrogens is 1. The number of nitrogens with zero attached hydrogens (tertiary/aromatic N) is 1. The SMILES string of the molecule is OC(c1nc2c(s1)CCC2)C1CCCN1. The van der Waals surface area contributed by atoms with Gasteiger partial charge in [-0.25, -0.2) is 4.98 Å². The Bertz CT molecular complexity index is 336. The molecule has 4 heteroatoms. The van der Waals surface area contributed by atoms with Crippen LogP contribution in [0.25, 0.3) is 0 Å². The van der Waals surface area contributed by atoms with Crippen molar-refractivity contribution in [1.29, 1.82) is 0 Å². The lowest BCUT2D eigenvalue weighted by molar-refractivity contribution is 0.137. The normalized spacial score (nSPS) is 26.9. The average Bonchev–Trinajstić information content (AvgIpc) is 2.92. The van der Waals surface area contributed by atoms with Gasteiger partial charge in [-0.1, -0.05) is 0 Å². The zero-order chi connectivity index (χ0) is 10.3. The Balaban J connectivity index is 1.79. The lowest BCUT2D eigenvalue weighted by Gasteiger charge is -2.15. The summed E-state index contributed by atoms with van der Waals surface area (Å²) in [6, 6.07) is 0.233. The molecule has 0 radical (unpaired) electrons. The molecular weight excluding hydrogens is 208 g/mol. The van der Waals surface area contributed by atoms with Gasteiger partial charge in [0.15, 0.2) is 0 Å². The molecule has 2 aliphatic rings. The number of aliphatic hydroxyl groups excluding tert-OH is 1. The van der Waals surface area contributed by atoms with Crippen LogP contribution in [0.15, 0.2) is 0 Å². The standard InChI is InChI=1S/C11H16N2OS/c14-10(8-4-2-6-12-8)11-13-7-3-1-5-9(7)15-11/h8,10,12,14H,1-6H2. The van der Waals surface area contributed by atoms with Crippen LogP contribution in [0.4, 0.5) is 0 Å². The number of hydrogen-bond acceptors (Lipinski definition) is 4. The van der Waals surface area contributed by atoms with E-state index in [1.165, 1.54) is 23.4 Å². The van der Waals surface area contributed by atoms with Crippen LogP contribution in [0.3, 0.4) is 0 Å². The number of fused-ring (bicyclic) bond motifs is 1. The number of thiazole rings is 1. The van der Waals surface area contributed by atoms with Gasteiger partial charge in [-0.2, -0.15) is 0 Å². The van der Waals surface area contributed by atoms with Gasteiger partial charge in [0, 0.05) is 10.9 Å². The molecule has 15 heavy (non-hydrogen) atoms. The number of hydrogen-bond donors (Lipinski definition) is 2. The van der Waals surface area contributed by atoms with E-state index in [-0.39, 0.29) is 12.1 Å². The number of aliphatic hydroxyl groups is 1. The molecule has 2 unspecified atom stereocenters. The molecule has 2 atom stereocenters. The molecule has 1 aromatic rings. The van der Waals surface area contributed by atoms with E-state index in [2.05, 4.69) is 10.3 Å². The second-order valence-electron chi connectivity index (χ2n) is 4.42. The first-order chi connectivity index (χ1) is 7.34. The van der Waals surface area contributed by atoms with Crippen molar-refractivity contribution in [1.82, 2.24) is 10.3 Å². The second-order valence-corrected chi connectivity index (χ2v) is 5.54. The lowest BCUT2D eigenvalue weighted by Crippen LogP contribution is -2.28. The summed E-state index contributed by atoms with van der Waals surface area (Å²) in [6.07, 6.45) is 5.38. The fraction of sp³-hybridized carbons (Fsp3) is 0.727. The average molecular weight is 224 g/mol. The molecule has 0 spiro atoms. The summed E-state index contributed by atoms with van der Waals surface area (Å²) in [5, 5.41) is 14.4. The van der Waals surface area contributed by atoms with Crippen LogP contribution in [0.5, 0.6) is 0 Å². The molecule has 3 nitrogen and oxygen atoms in total. The van der Waals surface area contributed by atoms with Crippen LogP contribution in [0, 0.1) is 0 Å². The number of rotatable bonds is 2. The van der Waals surface area contributed by atoms with E-state index in [0.717, 1.165) is 30.8 Å². The first-order valence-corrected chi connectivity index (χ1v) is 6.56. The third-order valence-corrected chi connectivity index (χ3v) is 4.57. The Morgan fingerprint density at radius 1 is 1.40 bits per heavy atom. The highest BCUT2D eigenvalue weighted by atomic mass is 32.1. The topological polar surface area (TPSA) is 45.2 Å². The summed E-state index contributed by atoms with van der Waals surface area (Å²) in [4.78, 5) is 5.97. The summed E-state index contributed by atoms with van der Waals surface area (Å²) < 4.78 is 0. The van der Waals surface area contributed by atoms with Gasteiger partial charge < -0.3 is 10.4 Å². The zero-order valence-electron chi connectivity index (χ0n) is 8.70. The third kappa shape index (κ3) is 1.71. The van der Waals surface area contributed by atoms with Crippen LogP contribution >= 0.6 is 11.3 Å². The fourth-order valence-electron chi connectivity index (χ4n) is 2.49. The molecule has 1 fully saturated rings. The quantitative estimate of drug-likeness (QED) is 0.798. The Morgan fingerprint density at radius 2 is 2.33 bits per heavy atom. The Labute approximate surface area is 93.5 Å². The molecule has 82 valence electrons. The summed E-state index contributed by atoms with van der Waals surface area (Å²) in [5.74, 6) is 0. The van der Waals surface area contributed by atoms with Gasteiger partial charge in [-0.3, -0.25) is 0 Å². The molecule has 1 aliphatic heterocycles. The zero-order valence-corrected chi connectivity index (χ0v) is 9.52. The highest BCUT2D eigenvalue weighted by molar-refractivity contribution is 7.11. The van der Waals surface area contributed by atoms with E-state index >= 15 is 0 Å². The maximum absolute atomic E-state index is 10.2. The largest absolute Gasteiger partial charge is 0.384 e. The van der Waals surface area contributed by atoms with Gasteiger partial charge in [-0.05, 0) is 38.6 Å². The van der Waals surface area contributed by atoms with Crippen LogP contribution in [0.1, 0.15) is 40.9 Å². The first kappa shape index (κ1) is 9.75. The molecular formula is C11H16N2OS. The van der Waals surface area contributed by atoms with Crippen molar-refractivity contribution in [2.24, 2.45) is 0 Å². The number of nitrogens with one attached hydrogen (secondary N) is 1. The molecule has 2 heterocycles. The Morgan fingerprint density at radius 3 is 3.07 bits per heavy atom. The molecule has 1 aromatic heterocycles. The summed E-state index contributed by atoms with van der Waals surface area (Å²) >= 11 is 1.72. The van der Waals surface area contributed by atoms with Crippen molar-refractivity contribution in [3.05, 3.63) is 15.6 Å². The minimum atomic E-state index is -0.386. The minimum Gasteiger partial charge on any atom is -0.384 e. The predicted octanol–water partition coefficient (Wildman–Crippen LogP) is 1.42. The van der Waals surface area contributed by atoms with Gasteiger partial charge in [0.2, 0.25) is 0 Å². The van der Waals surface area contributed by atoms with Crippen molar-refractivity contribution >= 4 is 11.3 Å². The third-order valence-electron chi connectivity index (χ3n) is 3.34. The predicted molar refractivity (Wildman–Crippen MR) is 60.1 cm³/mol. The van der Waals surface area contributed by atoms with Gasteiger partial charge >= 0.3 is 0 Å². The highest BCUT2D eigenvalue weighted by Gasteiger charge is 2.28. The highest BCUT2D eigenvalue weighted by Crippen LogP contribution is 2.33. The fourth-order valence-corrected chi connectivity index (χ4v) is 3.70. The maximum atomic E-state index is 10.2. The van der Waals surface area contributed by atoms with E-state index < -0.39 is 0 Å². The second kappa shape index (κ2) is 3.85. The monoisotopic (exact) mass is 224 g/mol. The maximum Gasteiger partial charge on any atom is 0.123 e. The molecule has 1 aliphatic carbocycles. The molecule has 1 saturated heterocycles. The van der Waals surface area contributed by atoms with E-state index in [0.29, 0.717) is 0 Å².